The number of hydrogen-bond donors (Lipinski definition) is 1. The highest BCUT2D eigenvalue weighted by molar-refractivity contribution is 7.17. The summed E-state index contributed by atoms with van der Waals surface area (Å²) in [4.78, 5) is 27.5. The summed E-state index contributed by atoms with van der Waals surface area (Å²) in [6.45, 7) is 5.23. The van der Waals surface area contributed by atoms with Crippen molar-refractivity contribution in [1.29, 1.82) is 0 Å². The number of ether oxygens (including phenoxy) is 1. The Hall–Kier alpha value is -2.21. The van der Waals surface area contributed by atoms with Crippen molar-refractivity contribution < 1.29 is 14.3 Å². The Morgan fingerprint density at radius 1 is 1.29 bits per heavy atom. The van der Waals surface area contributed by atoms with Gasteiger partial charge in [0.1, 0.15) is 5.75 Å². The van der Waals surface area contributed by atoms with Gasteiger partial charge in [-0.25, -0.2) is 4.98 Å². The number of thiazole rings is 1. The summed E-state index contributed by atoms with van der Waals surface area (Å²) in [6.07, 6.45) is 1.45. The van der Waals surface area contributed by atoms with E-state index in [9.17, 15) is 9.59 Å². The first-order valence-electron chi connectivity index (χ1n) is 6.43. The van der Waals surface area contributed by atoms with Crippen LogP contribution in [0, 0.1) is 13.8 Å². The van der Waals surface area contributed by atoms with E-state index in [2.05, 4.69) is 10.3 Å². The van der Waals surface area contributed by atoms with E-state index < -0.39 is 0 Å². The molecule has 21 heavy (non-hydrogen) atoms. The standard InChI is InChI=1S/C15H16N2O3S/c1-9-5-4-6-10(2)14(9)20-8-13(19)17-15-16-7-12(21-15)11(3)18/h4-7H,8H2,1-3H3,(H,16,17,19). The van der Waals surface area contributed by atoms with Gasteiger partial charge in [0.25, 0.3) is 5.91 Å². The zero-order valence-corrected chi connectivity index (χ0v) is 12.9. The molecular weight excluding hydrogens is 288 g/mol. The zero-order chi connectivity index (χ0) is 15.4. The molecule has 6 heteroatoms. The molecule has 0 fully saturated rings. The minimum Gasteiger partial charge on any atom is -0.483 e. The fourth-order valence-corrected chi connectivity index (χ4v) is 2.54. The molecule has 110 valence electrons. The first kappa shape index (κ1) is 15.2. The van der Waals surface area contributed by atoms with E-state index in [-0.39, 0.29) is 18.3 Å². The summed E-state index contributed by atoms with van der Waals surface area (Å²) >= 11 is 1.15. The predicted octanol–water partition coefficient (Wildman–Crippen LogP) is 2.98. The summed E-state index contributed by atoms with van der Waals surface area (Å²) in [7, 11) is 0. The van der Waals surface area contributed by atoms with E-state index >= 15 is 0 Å². The number of benzene rings is 1. The lowest BCUT2D eigenvalue weighted by Crippen LogP contribution is -2.20. The van der Waals surface area contributed by atoms with Crippen molar-refractivity contribution in [1.82, 2.24) is 4.98 Å². The lowest BCUT2D eigenvalue weighted by Gasteiger charge is -2.11. The van der Waals surface area contributed by atoms with Gasteiger partial charge in [-0.15, -0.1) is 0 Å². The van der Waals surface area contributed by atoms with Crippen LogP contribution in [0.1, 0.15) is 27.7 Å². The molecule has 0 spiro atoms. The van der Waals surface area contributed by atoms with E-state index in [0.717, 1.165) is 28.2 Å². The number of hydrogen-bond acceptors (Lipinski definition) is 5. The third-order valence-electron chi connectivity index (χ3n) is 2.86. The molecule has 1 aromatic heterocycles. The van der Waals surface area contributed by atoms with E-state index in [1.807, 2.05) is 32.0 Å². The molecular formula is C15H16N2O3S. The molecule has 1 N–H and O–H groups in total. The van der Waals surface area contributed by atoms with Crippen LogP contribution < -0.4 is 10.1 Å². The van der Waals surface area contributed by atoms with Gasteiger partial charge in [-0.05, 0) is 25.0 Å². The Morgan fingerprint density at radius 2 is 1.95 bits per heavy atom. The van der Waals surface area contributed by atoms with Crippen molar-refractivity contribution in [2.45, 2.75) is 20.8 Å². The highest BCUT2D eigenvalue weighted by Crippen LogP contribution is 2.22. The van der Waals surface area contributed by atoms with E-state index in [1.165, 1.54) is 13.1 Å². The van der Waals surface area contributed by atoms with Crippen LogP contribution >= 0.6 is 11.3 Å². The number of Topliss-reactive ketones (excluding diaryl/α,β-unsaturated/α-hetero) is 1. The van der Waals surface area contributed by atoms with Gasteiger partial charge in [-0.3, -0.25) is 14.9 Å². The van der Waals surface area contributed by atoms with Crippen LogP contribution in [0.15, 0.2) is 24.4 Å². The number of carbonyl (C=O) groups is 2. The summed E-state index contributed by atoms with van der Waals surface area (Å²) in [5.41, 5.74) is 1.96. The number of aromatic nitrogens is 1. The normalized spacial score (nSPS) is 10.2. The van der Waals surface area contributed by atoms with Crippen LogP contribution in [0.3, 0.4) is 0 Å². The van der Waals surface area contributed by atoms with Gasteiger partial charge in [0.15, 0.2) is 17.5 Å². The molecule has 1 aromatic carbocycles. The van der Waals surface area contributed by atoms with Crippen LogP contribution in [0.4, 0.5) is 5.13 Å². The van der Waals surface area contributed by atoms with E-state index in [0.29, 0.717) is 10.0 Å². The molecule has 0 radical (unpaired) electrons. The molecule has 0 aliphatic carbocycles. The predicted molar refractivity (Wildman–Crippen MR) is 82.2 cm³/mol. The highest BCUT2D eigenvalue weighted by Gasteiger charge is 2.11. The second kappa shape index (κ2) is 6.49. The second-order valence-electron chi connectivity index (χ2n) is 4.64. The van der Waals surface area contributed by atoms with Gasteiger partial charge in [-0.2, -0.15) is 0 Å². The second-order valence-corrected chi connectivity index (χ2v) is 5.67. The monoisotopic (exact) mass is 304 g/mol. The Morgan fingerprint density at radius 3 is 2.52 bits per heavy atom. The number of nitrogens with one attached hydrogen (secondary N) is 1. The Bertz CT molecular complexity index is 659. The van der Waals surface area contributed by atoms with Gasteiger partial charge in [0.2, 0.25) is 0 Å². The topological polar surface area (TPSA) is 68.3 Å². The van der Waals surface area contributed by atoms with Gasteiger partial charge in [0.05, 0.1) is 11.1 Å². The minimum absolute atomic E-state index is 0.0696. The first-order valence-corrected chi connectivity index (χ1v) is 7.24. The number of nitrogens with zero attached hydrogens (tertiary/aromatic N) is 1. The van der Waals surface area contributed by atoms with Gasteiger partial charge in [0, 0.05) is 6.92 Å². The third kappa shape index (κ3) is 3.88. The van der Waals surface area contributed by atoms with E-state index in [4.69, 9.17) is 4.74 Å². The van der Waals surface area contributed by atoms with Crippen molar-refractivity contribution >= 4 is 28.2 Å². The fourth-order valence-electron chi connectivity index (χ4n) is 1.81. The number of rotatable bonds is 5. The van der Waals surface area contributed by atoms with Crippen molar-refractivity contribution in [2.24, 2.45) is 0 Å². The smallest absolute Gasteiger partial charge is 0.264 e. The van der Waals surface area contributed by atoms with Gasteiger partial charge in [-0.1, -0.05) is 29.5 Å². The summed E-state index contributed by atoms with van der Waals surface area (Å²) in [5, 5.41) is 3.02. The molecule has 2 rings (SSSR count). The molecule has 0 aliphatic rings. The molecule has 0 aliphatic heterocycles. The summed E-state index contributed by atoms with van der Waals surface area (Å²) in [6, 6.07) is 5.80. The molecule has 0 saturated carbocycles. The summed E-state index contributed by atoms with van der Waals surface area (Å²) < 4.78 is 5.55. The van der Waals surface area contributed by atoms with Gasteiger partial charge < -0.3 is 4.74 Å². The molecule has 0 bridgehead atoms. The minimum atomic E-state index is -0.304. The molecule has 0 saturated heterocycles. The number of anilines is 1. The maximum absolute atomic E-state index is 11.8. The largest absolute Gasteiger partial charge is 0.483 e. The average molecular weight is 304 g/mol. The zero-order valence-electron chi connectivity index (χ0n) is 12.1. The Balaban J connectivity index is 1.94. The lowest BCUT2D eigenvalue weighted by molar-refractivity contribution is -0.118. The SMILES string of the molecule is CC(=O)c1cnc(NC(=O)COc2c(C)cccc2C)s1. The lowest BCUT2D eigenvalue weighted by atomic mass is 10.1. The van der Waals surface area contributed by atoms with Crippen LogP contribution in [0.2, 0.25) is 0 Å². The molecule has 0 atom stereocenters. The summed E-state index contributed by atoms with van der Waals surface area (Å²) in [5.74, 6) is 0.345. The van der Waals surface area contributed by atoms with Crippen molar-refractivity contribution in [3.63, 3.8) is 0 Å². The van der Waals surface area contributed by atoms with Crippen LogP contribution in [0.5, 0.6) is 5.75 Å². The highest BCUT2D eigenvalue weighted by atomic mass is 32.1. The molecule has 2 aromatic rings. The first-order chi connectivity index (χ1) is 9.97. The quantitative estimate of drug-likeness (QED) is 0.862. The number of para-hydroxylation sites is 1. The third-order valence-corrected chi connectivity index (χ3v) is 3.87. The number of ketones is 1. The Kier molecular flexibility index (Phi) is 4.70. The number of amides is 1. The van der Waals surface area contributed by atoms with Crippen LogP contribution in [-0.2, 0) is 4.79 Å². The number of aryl methyl sites for hydroxylation is 2. The van der Waals surface area contributed by atoms with Crippen molar-refractivity contribution in [3.8, 4) is 5.75 Å². The molecule has 0 unspecified atom stereocenters. The maximum atomic E-state index is 11.8. The maximum Gasteiger partial charge on any atom is 0.264 e. The van der Waals surface area contributed by atoms with E-state index in [1.54, 1.807) is 0 Å². The molecule has 5 nitrogen and oxygen atoms in total. The van der Waals surface area contributed by atoms with Crippen LogP contribution in [0.25, 0.3) is 0 Å². The average Bonchev–Trinajstić information content (AvgIpc) is 2.87. The van der Waals surface area contributed by atoms with Crippen molar-refractivity contribution in [3.05, 3.63) is 40.4 Å². The van der Waals surface area contributed by atoms with Crippen LogP contribution in [-0.4, -0.2) is 23.3 Å². The van der Waals surface area contributed by atoms with Crippen molar-refractivity contribution in [2.75, 3.05) is 11.9 Å². The number of carbonyl (C=O) groups excluding carboxylic acids is 2. The molecule has 1 amide bonds. The Labute approximate surface area is 127 Å². The molecule has 1 heterocycles. The van der Waals surface area contributed by atoms with Gasteiger partial charge >= 0.3 is 0 Å². The fraction of sp³-hybridized carbons (Fsp3) is 0.267.